The molecule has 0 heterocycles. The molecule has 0 aliphatic heterocycles. The van der Waals surface area contributed by atoms with Crippen LogP contribution in [0.15, 0.2) is 30.3 Å². The van der Waals surface area contributed by atoms with Crippen molar-refractivity contribution < 1.29 is 19.1 Å². The van der Waals surface area contributed by atoms with E-state index in [1.165, 1.54) is 7.11 Å². The minimum absolute atomic E-state index is 0.0463. The first kappa shape index (κ1) is 16.2. The molecule has 5 heteroatoms. The highest BCUT2D eigenvalue weighted by atomic mass is 16.5. The average molecular weight is 279 g/mol. The standard InChI is InChI=1S/C15H21NO4/c1-3-20-11-14(17)16-13(15(18)19-2)10-9-12-7-5-4-6-8-12/h4-8,13H,3,9-11H2,1-2H3,(H,16,17). The van der Waals surface area contributed by atoms with Gasteiger partial charge < -0.3 is 14.8 Å². The first-order chi connectivity index (χ1) is 9.67. The number of carbonyl (C=O) groups is 2. The predicted molar refractivity (Wildman–Crippen MR) is 75.2 cm³/mol. The van der Waals surface area contributed by atoms with Crippen LogP contribution in [0.5, 0.6) is 0 Å². The molecule has 1 aromatic rings. The van der Waals surface area contributed by atoms with E-state index in [0.29, 0.717) is 19.4 Å². The predicted octanol–water partition coefficient (Wildman–Crippen LogP) is 1.31. The number of benzene rings is 1. The number of hydrogen-bond donors (Lipinski definition) is 1. The molecule has 110 valence electrons. The van der Waals surface area contributed by atoms with E-state index in [4.69, 9.17) is 9.47 Å². The number of ether oxygens (including phenoxy) is 2. The Hall–Kier alpha value is -1.88. The van der Waals surface area contributed by atoms with Crippen molar-refractivity contribution in [1.29, 1.82) is 0 Å². The quantitative estimate of drug-likeness (QED) is 0.729. The summed E-state index contributed by atoms with van der Waals surface area (Å²) in [6.07, 6.45) is 1.18. The van der Waals surface area contributed by atoms with Crippen molar-refractivity contribution in [3.63, 3.8) is 0 Å². The van der Waals surface area contributed by atoms with Crippen molar-refractivity contribution >= 4 is 11.9 Å². The molecular formula is C15H21NO4. The number of hydrogen-bond acceptors (Lipinski definition) is 4. The summed E-state index contributed by atoms with van der Waals surface area (Å²) in [5.41, 5.74) is 1.11. The molecule has 1 N–H and O–H groups in total. The molecule has 0 spiro atoms. The number of carbonyl (C=O) groups excluding carboxylic acids is 2. The van der Waals surface area contributed by atoms with E-state index < -0.39 is 12.0 Å². The molecule has 1 atom stereocenters. The van der Waals surface area contributed by atoms with E-state index in [1.54, 1.807) is 6.92 Å². The molecule has 20 heavy (non-hydrogen) atoms. The van der Waals surface area contributed by atoms with Gasteiger partial charge in [0.15, 0.2) is 0 Å². The lowest BCUT2D eigenvalue weighted by atomic mass is 10.1. The maximum Gasteiger partial charge on any atom is 0.328 e. The zero-order chi connectivity index (χ0) is 14.8. The largest absolute Gasteiger partial charge is 0.467 e. The van der Waals surface area contributed by atoms with E-state index in [0.717, 1.165) is 5.56 Å². The fourth-order valence-electron chi connectivity index (χ4n) is 1.78. The Labute approximate surface area is 119 Å². The van der Waals surface area contributed by atoms with Gasteiger partial charge in [0, 0.05) is 6.61 Å². The van der Waals surface area contributed by atoms with Gasteiger partial charge >= 0.3 is 5.97 Å². The van der Waals surface area contributed by atoms with Crippen molar-refractivity contribution in [2.45, 2.75) is 25.8 Å². The second-order valence-electron chi connectivity index (χ2n) is 4.30. The van der Waals surface area contributed by atoms with Crippen molar-refractivity contribution in [3.05, 3.63) is 35.9 Å². The van der Waals surface area contributed by atoms with Crippen molar-refractivity contribution in [1.82, 2.24) is 5.32 Å². The normalized spacial score (nSPS) is 11.7. The van der Waals surface area contributed by atoms with Crippen LogP contribution in [0.2, 0.25) is 0 Å². The van der Waals surface area contributed by atoms with Crippen LogP contribution in [-0.2, 0) is 25.5 Å². The van der Waals surface area contributed by atoms with Crippen LogP contribution in [0.4, 0.5) is 0 Å². The Balaban J connectivity index is 2.52. The fourth-order valence-corrected chi connectivity index (χ4v) is 1.78. The molecule has 1 rings (SSSR count). The zero-order valence-electron chi connectivity index (χ0n) is 11.9. The maximum absolute atomic E-state index is 11.7. The van der Waals surface area contributed by atoms with Gasteiger partial charge in [-0.15, -0.1) is 0 Å². The van der Waals surface area contributed by atoms with Gasteiger partial charge in [-0.25, -0.2) is 4.79 Å². The SMILES string of the molecule is CCOCC(=O)NC(CCc1ccccc1)C(=O)OC. The summed E-state index contributed by atoms with van der Waals surface area (Å²) in [7, 11) is 1.31. The summed E-state index contributed by atoms with van der Waals surface area (Å²) in [6, 6.07) is 9.14. The summed E-state index contributed by atoms with van der Waals surface area (Å²) in [5.74, 6) is -0.749. The highest BCUT2D eigenvalue weighted by Crippen LogP contribution is 2.06. The number of esters is 1. The third kappa shape index (κ3) is 5.84. The van der Waals surface area contributed by atoms with Gasteiger partial charge in [-0.1, -0.05) is 30.3 Å². The van der Waals surface area contributed by atoms with Crippen LogP contribution in [0.1, 0.15) is 18.9 Å². The highest BCUT2D eigenvalue weighted by Gasteiger charge is 2.21. The Bertz CT molecular complexity index is 419. The van der Waals surface area contributed by atoms with Crippen molar-refractivity contribution in [3.8, 4) is 0 Å². The van der Waals surface area contributed by atoms with Gasteiger partial charge in [0.1, 0.15) is 12.6 Å². The molecule has 0 saturated heterocycles. The third-order valence-electron chi connectivity index (χ3n) is 2.82. The first-order valence-electron chi connectivity index (χ1n) is 6.66. The molecule has 0 saturated carbocycles. The molecule has 5 nitrogen and oxygen atoms in total. The summed E-state index contributed by atoms with van der Waals surface area (Å²) in [6.45, 7) is 2.22. The smallest absolute Gasteiger partial charge is 0.328 e. The van der Waals surface area contributed by atoms with Crippen molar-refractivity contribution in [2.24, 2.45) is 0 Å². The second-order valence-corrected chi connectivity index (χ2v) is 4.30. The Morgan fingerprint density at radius 1 is 1.25 bits per heavy atom. The lowest BCUT2D eigenvalue weighted by Crippen LogP contribution is -2.43. The molecular weight excluding hydrogens is 258 g/mol. The van der Waals surface area contributed by atoms with E-state index in [-0.39, 0.29) is 12.5 Å². The van der Waals surface area contributed by atoms with Crippen LogP contribution < -0.4 is 5.32 Å². The summed E-state index contributed by atoms with van der Waals surface area (Å²) in [4.78, 5) is 23.3. The van der Waals surface area contributed by atoms with Crippen molar-refractivity contribution in [2.75, 3.05) is 20.3 Å². The van der Waals surface area contributed by atoms with Gasteiger partial charge in [-0.3, -0.25) is 4.79 Å². The summed E-state index contributed by atoms with van der Waals surface area (Å²) < 4.78 is 9.72. The number of aryl methyl sites for hydroxylation is 1. The van der Waals surface area contributed by atoms with Gasteiger partial charge in [0.05, 0.1) is 7.11 Å². The van der Waals surface area contributed by atoms with Crippen LogP contribution in [0.3, 0.4) is 0 Å². The Morgan fingerprint density at radius 2 is 1.95 bits per heavy atom. The van der Waals surface area contributed by atoms with E-state index in [1.807, 2.05) is 30.3 Å². The molecule has 1 amide bonds. The first-order valence-corrected chi connectivity index (χ1v) is 6.66. The van der Waals surface area contributed by atoms with Crippen LogP contribution in [0.25, 0.3) is 0 Å². The van der Waals surface area contributed by atoms with Gasteiger partial charge in [-0.2, -0.15) is 0 Å². The Morgan fingerprint density at radius 3 is 2.55 bits per heavy atom. The molecule has 0 aliphatic rings. The van der Waals surface area contributed by atoms with Gasteiger partial charge in [0.25, 0.3) is 0 Å². The number of amides is 1. The molecule has 1 unspecified atom stereocenters. The zero-order valence-corrected chi connectivity index (χ0v) is 11.9. The van der Waals surface area contributed by atoms with Gasteiger partial charge in [0.2, 0.25) is 5.91 Å². The summed E-state index contributed by atoms with van der Waals surface area (Å²) in [5, 5.41) is 2.63. The van der Waals surface area contributed by atoms with E-state index in [9.17, 15) is 9.59 Å². The second kappa shape index (κ2) is 9.09. The molecule has 0 bridgehead atoms. The molecule has 0 fully saturated rings. The number of methoxy groups -OCH3 is 1. The molecule has 0 aromatic heterocycles. The average Bonchev–Trinajstić information content (AvgIpc) is 2.49. The number of rotatable bonds is 8. The Kier molecular flexibility index (Phi) is 7.35. The van der Waals surface area contributed by atoms with Gasteiger partial charge in [-0.05, 0) is 25.3 Å². The monoisotopic (exact) mass is 279 g/mol. The van der Waals surface area contributed by atoms with Crippen LogP contribution in [0, 0.1) is 0 Å². The molecule has 0 radical (unpaired) electrons. The summed E-state index contributed by atoms with van der Waals surface area (Å²) >= 11 is 0. The highest BCUT2D eigenvalue weighted by molar-refractivity contribution is 5.85. The van der Waals surface area contributed by atoms with E-state index in [2.05, 4.69) is 5.32 Å². The third-order valence-corrected chi connectivity index (χ3v) is 2.82. The van der Waals surface area contributed by atoms with Crippen LogP contribution in [-0.4, -0.2) is 38.2 Å². The topological polar surface area (TPSA) is 64.6 Å². The lowest BCUT2D eigenvalue weighted by Gasteiger charge is -2.16. The minimum atomic E-state index is -0.645. The van der Waals surface area contributed by atoms with Crippen LogP contribution >= 0.6 is 0 Å². The fraction of sp³-hybridized carbons (Fsp3) is 0.467. The maximum atomic E-state index is 11.7. The minimum Gasteiger partial charge on any atom is -0.467 e. The number of nitrogens with one attached hydrogen (secondary N) is 1. The molecule has 0 aliphatic carbocycles. The lowest BCUT2D eigenvalue weighted by molar-refractivity contribution is -0.145. The molecule has 1 aromatic carbocycles. The van der Waals surface area contributed by atoms with E-state index >= 15 is 0 Å².